The second-order valence-electron chi connectivity index (χ2n) is 2.34. The first-order valence-electron chi connectivity index (χ1n) is 3.39. The van der Waals surface area contributed by atoms with Gasteiger partial charge in [0.05, 0.1) is 27.1 Å². The van der Waals surface area contributed by atoms with Crippen LogP contribution in [0.3, 0.4) is 0 Å². The number of alkyl halides is 2. The smallest absolute Gasteiger partial charge is 0.267 e. The first-order chi connectivity index (χ1) is 6.07. The molecule has 3 nitrogen and oxygen atoms in total. The summed E-state index contributed by atoms with van der Waals surface area (Å²) >= 11 is 1.81. The Hall–Kier alpha value is -0.500. The Morgan fingerprint density at radius 3 is 2.69 bits per heavy atom. The first-order valence-corrected chi connectivity index (χ1v) is 4.47. The van der Waals surface area contributed by atoms with E-state index in [2.05, 4.69) is 4.98 Å². The Bertz CT molecular complexity index is 320. The van der Waals surface area contributed by atoms with E-state index >= 15 is 0 Å². The molecule has 1 aromatic heterocycles. The van der Waals surface area contributed by atoms with Gasteiger partial charge in [-0.2, -0.15) is 0 Å². The predicted molar refractivity (Wildman–Crippen MR) is 52.2 cm³/mol. The summed E-state index contributed by atoms with van der Waals surface area (Å²) in [4.78, 5) is 3.66. The number of anilines is 1. The lowest BCUT2D eigenvalue weighted by atomic mass is 10.1. The lowest BCUT2D eigenvalue weighted by Crippen LogP contribution is -2.05. The lowest BCUT2D eigenvalue weighted by molar-refractivity contribution is 0.147. The largest absolute Gasteiger partial charge is 0.397 e. The quantitative estimate of drug-likeness (QED) is 0.817. The Labute approximate surface area is 87.1 Å². The van der Waals surface area contributed by atoms with Crippen molar-refractivity contribution in [3.8, 4) is 0 Å². The van der Waals surface area contributed by atoms with Crippen molar-refractivity contribution in [1.82, 2.24) is 4.98 Å². The normalized spacial score (nSPS) is 10.8. The summed E-state index contributed by atoms with van der Waals surface area (Å²) < 4.78 is 25.3. The Balaban J connectivity index is 3.32. The van der Waals surface area contributed by atoms with Crippen LogP contribution in [0.1, 0.15) is 17.7 Å². The molecule has 1 heterocycles. The van der Waals surface area contributed by atoms with Crippen molar-refractivity contribution in [2.75, 3.05) is 5.73 Å². The van der Waals surface area contributed by atoms with Crippen LogP contribution in [0.2, 0.25) is 0 Å². The van der Waals surface area contributed by atoms with Gasteiger partial charge in [-0.15, -0.1) is 0 Å². The zero-order valence-electron chi connectivity index (χ0n) is 6.47. The molecule has 0 atom stereocenters. The molecule has 0 fully saturated rings. The Morgan fingerprint density at radius 2 is 2.23 bits per heavy atom. The highest BCUT2D eigenvalue weighted by molar-refractivity contribution is 14.1. The van der Waals surface area contributed by atoms with Gasteiger partial charge < -0.3 is 10.8 Å². The molecule has 0 aliphatic carbocycles. The first kappa shape index (κ1) is 10.6. The second-order valence-corrected chi connectivity index (χ2v) is 3.50. The van der Waals surface area contributed by atoms with Crippen LogP contribution in [-0.2, 0) is 6.61 Å². The number of aliphatic hydroxyl groups excluding tert-OH is 1. The monoisotopic (exact) mass is 300 g/mol. The summed E-state index contributed by atoms with van der Waals surface area (Å²) in [5.41, 5.74) is 4.99. The lowest BCUT2D eigenvalue weighted by Gasteiger charge is -2.09. The van der Waals surface area contributed by atoms with Crippen molar-refractivity contribution in [2.24, 2.45) is 0 Å². The average Bonchev–Trinajstić information content (AvgIpc) is 2.08. The topological polar surface area (TPSA) is 59.1 Å². The standard InChI is InChI=1S/C7H7F2IN2O/c8-7(9)5-4(2-13)12-1-3(10)6(5)11/h1,7,13H,2H2,(H2,11,12). The van der Waals surface area contributed by atoms with Crippen LogP contribution >= 0.6 is 22.6 Å². The zero-order valence-corrected chi connectivity index (χ0v) is 8.62. The van der Waals surface area contributed by atoms with Gasteiger partial charge in [-0.1, -0.05) is 0 Å². The summed E-state index contributed by atoms with van der Waals surface area (Å²) in [6.45, 7) is -0.527. The number of aromatic nitrogens is 1. The fraction of sp³-hybridized carbons (Fsp3) is 0.286. The van der Waals surface area contributed by atoms with Crippen LogP contribution < -0.4 is 5.73 Å². The third-order valence-electron chi connectivity index (χ3n) is 1.56. The maximum absolute atomic E-state index is 12.4. The number of rotatable bonds is 2. The van der Waals surface area contributed by atoms with Crippen LogP contribution in [0.5, 0.6) is 0 Å². The molecular weight excluding hydrogens is 293 g/mol. The van der Waals surface area contributed by atoms with E-state index in [4.69, 9.17) is 10.8 Å². The summed E-state index contributed by atoms with van der Waals surface area (Å²) in [5, 5.41) is 8.73. The number of nitrogens with zero attached hydrogens (tertiary/aromatic N) is 1. The van der Waals surface area contributed by atoms with E-state index in [-0.39, 0.29) is 16.9 Å². The molecule has 0 radical (unpaired) electrons. The van der Waals surface area contributed by atoms with E-state index in [1.165, 1.54) is 6.20 Å². The van der Waals surface area contributed by atoms with Crippen LogP contribution in [0, 0.1) is 3.57 Å². The molecule has 3 N–H and O–H groups in total. The van der Waals surface area contributed by atoms with Gasteiger partial charge in [0.25, 0.3) is 6.43 Å². The molecule has 1 aromatic rings. The highest BCUT2D eigenvalue weighted by Gasteiger charge is 2.18. The van der Waals surface area contributed by atoms with Gasteiger partial charge in [-0.3, -0.25) is 4.98 Å². The average molecular weight is 300 g/mol. The third-order valence-corrected chi connectivity index (χ3v) is 2.42. The number of nitrogens with two attached hydrogens (primary N) is 1. The van der Waals surface area contributed by atoms with Crippen LogP contribution in [0.4, 0.5) is 14.5 Å². The highest BCUT2D eigenvalue weighted by Crippen LogP contribution is 2.30. The minimum Gasteiger partial charge on any atom is -0.397 e. The number of aliphatic hydroxyl groups is 1. The fourth-order valence-corrected chi connectivity index (χ4v) is 1.36. The molecule has 0 aromatic carbocycles. The molecule has 0 amide bonds. The summed E-state index contributed by atoms with van der Waals surface area (Å²) in [6.07, 6.45) is -1.35. The summed E-state index contributed by atoms with van der Waals surface area (Å²) in [5.74, 6) is 0. The molecule has 6 heteroatoms. The van der Waals surface area contributed by atoms with Gasteiger partial charge in [-0.25, -0.2) is 8.78 Å². The van der Waals surface area contributed by atoms with Crippen LogP contribution in [0.25, 0.3) is 0 Å². The minimum atomic E-state index is -2.70. The molecular formula is C7H7F2IN2O. The molecule has 0 unspecified atom stereocenters. The van der Waals surface area contributed by atoms with Crippen molar-refractivity contribution in [3.63, 3.8) is 0 Å². The molecule has 13 heavy (non-hydrogen) atoms. The van der Waals surface area contributed by atoms with E-state index in [1.807, 2.05) is 22.6 Å². The van der Waals surface area contributed by atoms with E-state index in [0.29, 0.717) is 3.57 Å². The second kappa shape index (κ2) is 4.14. The molecule has 0 aliphatic rings. The Kier molecular flexibility index (Phi) is 3.37. The Morgan fingerprint density at radius 1 is 1.62 bits per heavy atom. The van der Waals surface area contributed by atoms with Gasteiger partial charge in [-0.05, 0) is 22.6 Å². The van der Waals surface area contributed by atoms with Crippen molar-refractivity contribution >= 4 is 28.3 Å². The number of hydrogen-bond acceptors (Lipinski definition) is 3. The number of pyridine rings is 1. The summed E-state index contributed by atoms with van der Waals surface area (Å²) in [6, 6.07) is 0. The predicted octanol–water partition coefficient (Wildman–Crippen LogP) is 1.70. The minimum absolute atomic E-state index is 0.00495. The molecule has 0 aliphatic heterocycles. The molecule has 0 spiro atoms. The van der Waals surface area contributed by atoms with Crippen molar-refractivity contribution in [2.45, 2.75) is 13.0 Å². The maximum atomic E-state index is 12.4. The number of nitrogen functional groups attached to an aromatic ring is 1. The van der Waals surface area contributed by atoms with E-state index in [9.17, 15) is 8.78 Å². The van der Waals surface area contributed by atoms with Crippen molar-refractivity contribution in [3.05, 3.63) is 21.0 Å². The van der Waals surface area contributed by atoms with Gasteiger partial charge in [0.1, 0.15) is 0 Å². The SMILES string of the molecule is Nc1c(I)cnc(CO)c1C(F)F. The molecule has 1 rings (SSSR count). The number of halogens is 3. The summed E-state index contributed by atoms with van der Waals surface area (Å²) in [7, 11) is 0. The van der Waals surface area contributed by atoms with E-state index in [1.54, 1.807) is 0 Å². The van der Waals surface area contributed by atoms with Gasteiger partial charge in [0, 0.05) is 6.20 Å². The molecule has 0 bridgehead atoms. The third kappa shape index (κ3) is 2.05. The fourth-order valence-electron chi connectivity index (χ4n) is 0.927. The molecule has 0 saturated carbocycles. The van der Waals surface area contributed by atoms with Crippen molar-refractivity contribution < 1.29 is 13.9 Å². The van der Waals surface area contributed by atoms with Crippen molar-refractivity contribution in [1.29, 1.82) is 0 Å². The van der Waals surface area contributed by atoms with Gasteiger partial charge in [0.2, 0.25) is 0 Å². The molecule has 0 saturated heterocycles. The maximum Gasteiger partial charge on any atom is 0.267 e. The van der Waals surface area contributed by atoms with Gasteiger partial charge >= 0.3 is 0 Å². The van der Waals surface area contributed by atoms with E-state index in [0.717, 1.165) is 0 Å². The van der Waals surface area contributed by atoms with E-state index < -0.39 is 13.0 Å². The highest BCUT2D eigenvalue weighted by atomic mass is 127. The number of hydrogen-bond donors (Lipinski definition) is 2. The van der Waals surface area contributed by atoms with Crippen LogP contribution in [-0.4, -0.2) is 10.1 Å². The zero-order chi connectivity index (χ0) is 10.0. The van der Waals surface area contributed by atoms with Gasteiger partial charge in [0.15, 0.2) is 0 Å². The van der Waals surface area contributed by atoms with Crippen LogP contribution in [0.15, 0.2) is 6.20 Å². The molecule has 72 valence electrons.